The van der Waals surface area contributed by atoms with Crippen LogP contribution in [-0.4, -0.2) is 36.0 Å². The predicted octanol–water partition coefficient (Wildman–Crippen LogP) is 2.41. The topological polar surface area (TPSA) is 45.3 Å². The van der Waals surface area contributed by atoms with Crippen molar-refractivity contribution in [3.63, 3.8) is 0 Å². The number of amides is 1. The summed E-state index contributed by atoms with van der Waals surface area (Å²) in [4.78, 5) is 17.4. The van der Waals surface area contributed by atoms with Gasteiger partial charge in [-0.25, -0.2) is 0 Å². The second kappa shape index (κ2) is 4.37. The van der Waals surface area contributed by atoms with Crippen molar-refractivity contribution in [3.8, 4) is 5.75 Å². The van der Waals surface area contributed by atoms with Crippen LogP contribution in [0.5, 0.6) is 5.75 Å². The van der Waals surface area contributed by atoms with Crippen LogP contribution in [-0.2, 0) is 0 Å². The Hall–Kier alpha value is -1.97. The summed E-state index contributed by atoms with van der Waals surface area (Å²) in [6, 6.07) is 5.74. The number of benzene rings is 1. The molecule has 18 heavy (non-hydrogen) atoms. The maximum absolute atomic E-state index is 12.4. The number of ether oxygens (including phenoxy) is 1. The molecule has 2 heterocycles. The molecule has 4 nitrogen and oxygen atoms in total. The van der Waals surface area contributed by atoms with Crippen molar-refractivity contribution in [2.24, 2.45) is 0 Å². The Kier molecular flexibility index (Phi) is 2.70. The predicted molar refractivity (Wildman–Crippen MR) is 70.0 cm³/mol. The third-order valence-electron chi connectivity index (χ3n) is 3.51. The Morgan fingerprint density at radius 3 is 2.83 bits per heavy atom. The molecule has 1 aromatic heterocycles. The molecule has 2 aromatic rings. The van der Waals surface area contributed by atoms with E-state index in [0.29, 0.717) is 0 Å². The lowest BCUT2D eigenvalue weighted by molar-refractivity contribution is 0.0795. The number of nitrogens with zero attached hydrogens (tertiary/aromatic N) is 1. The number of H-pyrrole nitrogens is 1. The van der Waals surface area contributed by atoms with Crippen LogP contribution in [0.25, 0.3) is 10.9 Å². The molecule has 0 atom stereocenters. The van der Waals surface area contributed by atoms with Gasteiger partial charge in [0.2, 0.25) is 0 Å². The lowest BCUT2D eigenvalue weighted by Crippen LogP contribution is -2.27. The monoisotopic (exact) mass is 244 g/mol. The minimum absolute atomic E-state index is 0.118. The van der Waals surface area contributed by atoms with Crippen LogP contribution in [0.15, 0.2) is 24.4 Å². The molecule has 1 aromatic carbocycles. The Balaban J connectivity index is 2.02. The average molecular weight is 244 g/mol. The zero-order valence-electron chi connectivity index (χ0n) is 10.4. The van der Waals surface area contributed by atoms with E-state index in [1.807, 2.05) is 23.1 Å². The molecule has 94 valence electrons. The van der Waals surface area contributed by atoms with Gasteiger partial charge in [0.15, 0.2) is 0 Å². The molecule has 0 radical (unpaired) electrons. The zero-order valence-corrected chi connectivity index (χ0v) is 10.4. The van der Waals surface area contributed by atoms with Gasteiger partial charge in [-0.3, -0.25) is 4.79 Å². The van der Waals surface area contributed by atoms with Crippen molar-refractivity contribution in [2.75, 3.05) is 20.2 Å². The normalized spacial score (nSPS) is 15.3. The second-order valence-electron chi connectivity index (χ2n) is 4.61. The van der Waals surface area contributed by atoms with E-state index in [4.69, 9.17) is 4.74 Å². The van der Waals surface area contributed by atoms with Crippen LogP contribution in [0.1, 0.15) is 23.2 Å². The summed E-state index contributed by atoms with van der Waals surface area (Å²) in [6.07, 6.45) is 4.01. The van der Waals surface area contributed by atoms with Gasteiger partial charge in [-0.05, 0) is 31.0 Å². The van der Waals surface area contributed by atoms with E-state index >= 15 is 0 Å². The smallest absolute Gasteiger partial charge is 0.256 e. The SMILES string of the molecule is COc1ccc2[nH]cc(C(=O)N3CCCC3)c2c1. The van der Waals surface area contributed by atoms with Gasteiger partial charge in [0, 0.05) is 30.2 Å². The van der Waals surface area contributed by atoms with E-state index < -0.39 is 0 Å². The molecule has 0 unspecified atom stereocenters. The van der Waals surface area contributed by atoms with Gasteiger partial charge in [0.05, 0.1) is 12.7 Å². The van der Waals surface area contributed by atoms with Crippen LogP contribution >= 0.6 is 0 Å². The highest BCUT2D eigenvalue weighted by Gasteiger charge is 2.22. The molecular weight excluding hydrogens is 228 g/mol. The van der Waals surface area contributed by atoms with Gasteiger partial charge in [0.1, 0.15) is 5.75 Å². The summed E-state index contributed by atoms with van der Waals surface area (Å²) in [5, 5.41) is 0.936. The molecule has 4 heteroatoms. The Bertz CT molecular complexity index is 582. The van der Waals surface area contributed by atoms with Crippen LogP contribution in [0.3, 0.4) is 0 Å². The summed E-state index contributed by atoms with van der Waals surface area (Å²) in [6.45, 7) is 1.74. The van der Waals surface area contributed by atoms with Crippen molar-refractivity contribution >= 4 is 16.8 Å². The molecule has 1 fully saturated rings. The quantitative estimate of drug-likeness (QED) is 0.881. The van der Waals surface area contributed by atoms with Crippen molar-refractivity contribution in [2.45, 2.75) is 12.8 Å². The highest BCUT2D eigenvalue weighted by molar-refractivity contribution is 6.07. The highest BCUT2D eigenvalue weighted by atomic mass is 16.5. The van der Waals surface area contributed by atoms with Gasteiger partial charge < -0.3 is 14.6 Å². The average Bonchev–Trinajstić information content (AvgIpc) is 3.06. The third-order valence-corrected chi connectivity index (χ3v) is 3.51. The Morgan fingerprint density at radius 2 is 2.11 bits per heavy atom. The molecule has 0 bridgehead atoms. The highest BCUT2D eigenvalue weighted by Crippen LogP contribution is 2.25. The van der Waals surface area contributed by atoms with Gasteiger partial charge in [-0.15, -0.1) is 0 Å². The second-order valence-corrected chi connectivity index (χ2v) is 4.61. The number of likely N-dealkylation sites (tertiary alicyclic amines) is 1. The fourth-order valence-electron chi connectivity index (χ4n) is 2.49. The fraction of sp³-hybridized carbons (Fsp3) is 0.357. The number of aromatic amines is 1. The van der Waals surface area contributed by atoms with Gasteiger partial charge in [0.25, 0.3) is 5.91 Å². The number of nitrogens with one attached hydrogen (secondary N) is 1. The minimum Gasteiger partial charge on any atom is -0.497 e. The molecule has 1 aliphatic heterocycles. The first-order valence-electron chi connectivity index (χ1n) is 6.24. The number of aromatic nitrogens is 1. The molecular formula is C14H16N2O2. The number of methoxy groups -OCH3 is 1. The summed E-state index contributed by atoms with van der Waals surface area (Å²) < 4.78 is 5.21. The molecule has 3 rings (SSSR count). The molecule has 1 N–H and O–H groups in total. The molecule has 0 aliphatic carbocycles. The first-order chi connectivity index (χ1) is 8.79. The summed E-state index contributed by atoms with van der Waals surface area (Å²) in [7, 11) is 1.63. The van der Waals surface area contributed by atoms with Crippen LogP contribution in [0, 0.1) is 0 Å². The number of rotatable bonds is 2. The van der Waals surface area contributed by atoms with E-state index in [2.05, 4.69) is 4.98 Å². The maximum Gasteiger partial charge on any atom is 0.256 e. The van der Waals surface area contributed by atoms with Crippen molar-refractivity contribution in [1.82, 2.24) is 9.88 Å². The third kappa shape index (κ3) is 1.74. The first kappa shape index (κ1) is 11.1. The lowest BCUT2D eigenvalue weighted by atomic mass is 10.1. The van der Waals surface area contributed by atoms with Gasteiger partial charge in [-0.1, -0.05) is 0 Å². The maximum atomic E-state index is 12.4. The molecule has 1 aliphatic rings. The minimum atomic E-state index is 0.118. The van der Waals surface area contributed by atoms with Crippen molar-refractivity contribution < 1.29 is 9.53 Å². The molecule has 0 spiro atoms. The van der Waals surface area contributed by atoms with E-state index in [9.17, 15) is 4.79 Å². The number of fused-ring (bicyclic) bond motifs is 1. The standard InChI is InChI=1S/C14H16N2O2/c1-18-10-4-5-13-11(8-10)12(9-15-13)14(17)16-6-2-3-7-16/h4-5,8-9,15H,2-3,6-7H2,1H3. The Labute approximate surface area is 106 Å². The molecule has 1 amide bonds. The van der Waals surface area contributed by atoms with Crippen LogP contribution in [0.4, 0.5) is 0 Å². The van der Waals surface area contributed by atoms with E-state index in [0.717, 1.165) is 48.1 Å². The van der Waals surface area contributed by atoms with Gasteiger partial charge in [-0.2, -0.15) is 0 Å². The summed E-state index contributed by atoms with van der Waals surface area (Å²) >= 11 is 0. The summed E-state index contributed by atoms with van der Waals surface area (Å²) in [5.74, 6) is 0.893. The number of hydrogen-bond donors (Lipinski definition) is 1. The number of carbonyl (C=O) groups is 1. The largest absolute Gasteiger partial charge is 0.497 e. The Morgan fingerprint density at radius 1 is 1.33 bits per heavy atom. The zero-order chi connectivity index (χ0) is 12.5. The molecule has 1 saturated heterocycles. The van der Waals surface area contributed by atoms with E-state index in [1.165, 1.54) is 0 Å². The summed E-state index contributed by atoms with van der Waals surface area (Å²) in [5.41, 5.74) is 1.71. The van der Waals surface area contributed by atoms with E-state index in [1.54, 1.807) is 13.3 Å². The van der Waals surface area contributed by atoms with Crippen LogP contribution in [0.2, 0.25) is 0 Å². The van der Waals surface area contributed by atoms with Crippen molar-refractivity contribution in [1.29, 1.82) is 0 Å². The van der Waals surface area contributed by atoms with Crippen molar-refractivity contribution in [3.05, 3.63) is 30.0 Å². The van der Waals surface area contributed by atoms with E-state index in [-0.39, 0.29) is 5.91 Å². The number of carbonyl (C=O) groups excluding carboxylic acids is 1. The molecule has 0 saturated carbocycles. The lowest BCUT2D eigenvalue weighted by Gasteiger charge is -2.14. The van der Waals surface area contributed by atoms with Gasteiger partial charge >= 0.3 is 0 Å². The van der Waals surface area contributed by atoms with Crippen LogP contribution < -0.4 is 4.74 Å². The first-order valence-corrected chi connectivity index (χ1v) is 6.24. The fourth-order valence-corrected chi connectivity index (χ4v) is 2.49. The number of hydrogen-bond acceptors (Lipinski definition) is 2.